The molecule has 3 aromatic rings. The molecular weight excluding hydrogens is 346 g/mol. The number of hydrogen-bond acceptors (Lipinski definition) is 5. The Labute approximate surface area is 154 Å². The lowest BCUT2D eigenvalue weighted by Gasteiger charge is -2.12. The molecule has 0 aliphatic heterocycles. The van der Waals surface area contributed by atoms with Crippen molar-refractivity contribution < 1.29 is 4.79 Å². The van der Waals surface area contributed by atoms with Gasteiger partial charge in [-0.2, -0.15) is 0 Å². The predicted octanol–water partition coefficient (Wildman–Crippen LogP) is 1.94. The lowest BCUT2D eigenvalue weighted by molar-refractivity contribution is 0.102. The van der Waals surface area contributed by atoms with Crippen molar-refractivity contribution in [2.75, 3.05) is 5.32 Å². The summed E-state index contributed by atoms with van der Waals surface area (Å²) < 4.78 is 1.38. The number of fused-ring (bicyclic) bond motifs is 1. The molecule has 3 heterocycles. The first kappa shape index (κ1) is 17.1. The van der Waals surface area contributed by atoms with Gasteiger partial charge in [-0.05, 0) is 50.5 Å². The van der Waals surface area contributed by atoms with E-state index in [9.17, 15) is 14.4 Å². The lowest BCUT2D eigenvalue weighted by atomic mass is 10.1. The van der Waals surface area contributed by atoms with Crippen LogP contribution >= 0.6 is 0 Å². The zero-order chi connectivity index (χ0) is 19.1. The zero-order valence-electron chi connectivity index (χ0n) is 15.1. The summed E-state index contributed by atoms with van der Waals surface area (Å²) in [7, 11) is 0. The molecule has 0 unspecified atom stereocenters. The second-order valence-corrected chi connectivity index (χ2v) is 6.74. The van der Waals surface area contributed by atoms with Crippen molar-refractivity contribution in [1.82, 2.24) is 19.5 Å². The SMILES string of the molecule is CCn1c(=O)[nH]c(=O)c2c(C(=O)Nc3cc(C)ccn3)cc(C3CC3)nc21. The topological polar surface area (TPSA) is 110 Å². The molecule has 0 spiro atoms. The molecule has 0 radical (unpaired) electrons. The number of pyridine rings is 2. The molecule has 1 fully saturated rings. The molecular formula is C19H19N5O3. The van der Waals surface area contributed by atoms with Crippen molar-refractivity contribution >= 4 is 22.8 Å². The maximum atomic E-state index is 13.0. The molecule has 8 heteroatoms. The molecule has 1 saturated carbocycles. The molecule has 1 aliphatic carbocycles. The average Bonchev–Trinajstić information content (AvgIpc) is 3.46. The molecule has 1 aliphatic rings. The highest BCUT2D eigenvalue weighted by Gasteiger charge is 2.28. The summed E-state index contributed by atoms with van der Waals surface area (Å²) in [6.07, 6.45) is 3.57. The molecule has 4 rings (SSSR count). The van der Waals surface area contributed by atoms with Gasteiger partial charge in [0.1, 0.15) is 5.82 Å². The predicted molar refractivity (Wildman–Crippen MR) is 101 cm³/mol. The van der Waals surface area contributed by atoms with Gasteiger partial charge < -0.3 is 5.32 Å². The molecule has 27 heavy (non-hydrogen) atoms. The molecule has 3 aromatic heterocycles. The molecule has 1 amide bonds. The molecule has 2 N–H and O–H groups in total. The third-order valence-electron chi connectivity index (χ3n) is 4.68. The fourth-order valence-corrected chi connectivity index (χ4v) is 3.14. The molecule has 0 atom stereocenters. The number of rotatable bonds is 4. The van der Waals surface area contributed by atoms with E-state index >= 15 is 0 Å². The van der Waals surface area contributed by atoms with Crippen LogP contribution in [0.5, 0.6) is 0 Å². The van der Waals surface area contributed by atoms with Crippen molar-refractivity contribution in [3.63, 3.8) is 0 Å². The summed E-state index contributed by atoms with van der Waals surface area (Å²) >= 11 is 0. The third-order valence-corrected chi connectivity index (χ3v) is 4.68. The fourth-order valence-electron chi connectivity index (χ4n) is 3.14. The van der Waals surface area contributed by atoms with Crippen LogP contribution in [0.4, 0.5) is 5.82 Å². The van der Waals surface area contributed by atoms with Crippen LogP contribution in [0.1, 0.15) is 47.3 Å². The van der Waals surface area contributed by atoms with Gasteiger partial charge in [0.05, 0.1) is 10.9 Å². The second kappa shape index (κ2) is 6.46. The quantitative estimate of drug-likeness (QED) is 0.734. The normalized spacial score (nSPS) is 13.7. The van der Waals surface area contributed by atoms with Crippen LogP contribution < -0.4 is 16.6 Å². The van der Waals surface area contributed by atoms with Gasteiger partial charge in [-0.3, -0.25) is 19.1 Å². The maximum absolute atomic E-state index is 13.0. The minimum absolute atomic E-state index is 0.117. The van der Waals surface area contributed by atoms with Crippen LogP contribution in [-0.2, 0) is 6.54 Å². The van der Waals surface area contributed by atoms with Gasteiger partial charge in [0.25, 0.3) is 11.5 Å². The first-order valence-electron chi connectivity index (χ1n) is 8.89. The Morgan fingerprint density at radius 1 is 1.33 bits per heavy atom. The van der Waals surface area contributed by atoms with Gasteiger partial charge in [0.2, 0.25) is 0 Å². The van der Waals surface area contributed by atoms with Crippen molar-refractivity contribution in [2.24, 2.45) is 0 Å². The number of carbonyl (C=O) groups is 1. The third kappa shape index (κ3) is 3.14. The smallest absolute Gasteiger partial charge is 0.307 e. The van der Waals surface area contributed by atoms with Crippen molar-refractivity contribution in [1.29, 1.82) is 0 Å². The minimum Gasteiger partial charge on any atom is -0.307 e. The Kier molecular flexibility index (Phi) is 4.10. The number of aromatic amines is 1. The summed E-state index contributed by atoms with van der Waals surface area (Å²) in [5, 5.41) is 2.86. The van der Waals surface area contributed by atoms with E-state index in [-0.39, 0.29) is 22.5 Å². The van der Waals surface area contributed by atoms with Gasteiger partial charge in [0.15, 0.2) is 5.65 Å². The van der Waals surface area contributed by atoms with Crippen LogP contribution in [0.3, 0.4) is 0 Å². The molecule has 0 bridgehead atoms. The number of anilines is 1. The second-order valence-electron chi connectivity index (χ2n) is 6.74. The number of nitrogens with zero attached hydrogens (tertiary/aromatic N) is 3. The number of nitrogens with one attached hydrogen (secondary N) is 2. The van der Waals surface area contributed by atoms with E-state index in [4.69, 9.17) is 0 Å². The Morgan fingerprint density at radius 2 is 2.11 bits per heavy atom. The lowest BCUT2D eigenvalue weighted by Crippen LogP contribution is -2.32. The van der Waals surface area contributed by atoms with Crippen LogP contribution in [0.15, 0.2) is 34.0 Å². The number of aromatic nitrogens is 4. The molecule has 8 nitrogen and oxygen atoms in total. The van der Waals surface area contributed by atoms with E-state index in [1.165, 1.54) is 4.57 Å². The van der Waals surface area contributed by atoms with E-state index in [2.05, 4.69) is 20.3 Å². The van der Waals surface area contributed by atoms with E-state index in [0.717, 1.165) is 24.1 Å². The summed E-state index contributed by atoms with van der Waals surface area (Å²) in [5.41, 5.74) is 0.999. The Morgan fingerprint density at radius 3 is 2.78 bits per heavy atom. The monoisotopic (exact) mass is 365 g/mol. The number of aryl methyl sites for hydroxylation is 2. The Bertz CT molecular complexity index is 1170. The van der Waals surface area contributed by atoms with E-state index < -0.39 is 17.2 Å². The van der Waals surface area contributed by atoms with Gasteiger partial charge >= 0.3 is 5.69 Å². The van der Waals surface area contributed by atoms with Crippen LogP contribution in [0.2, 0.25) is 0 Å². The van der Waals surface area contributed by atoms with E-state index in [1.807, 2.05) is 13.0 Å². The maximum Gasteiger partial charge on any atom is 0.329 e. The van der Waals surface area contributed by atoms with Gasteiger partial charge in [-0.1, -0.05) is 0 Å². The van der Waals surface area contributed by atoms with Gasteiger partial charge in [-0.25, -0.2) is 14.8 Å². The summed E-state index contributed by atoms with van der Waals surface area (Å²) in [6.45, 7) is 4.03. The highest BCUT2D eigenvalue weighted by Crippen LogP contribution is 2.39. The number of amides is 1. The summed E-state index contributed by atoms with van der Waals surface area (Å²) in [6, 6.07) is 5.23. The largest absolute Gasteiger partial charge is 0.329 e. The fraction of sp³-hybridized carbons (Fsp3) is 0.316. The number of carbonyl (C=O) groups excluding carboxylic acids is 1. The van der Waals surface area contributed by atoms with Crippen molar-refractivity contribution in [2.45, 2.75) is 39.2 Å². The van der Waals surface area contributed by atoms with Gasteiger partial charge in [0, 0.05) is 24.4 Å². The van der Waals surface area contributed by atoms with E-state index in [0.29, 0.717) is 12.4 Å². The molecule has 0 aromatic carbocycles. The van der Waals surface area contributed by atoms with Crippen LogP contribution in [0, 0.1) is 6.92 Å². The van der Waals surface area contributed by atoms with Crippen molar-refractivity contribution in [3.8, 4) is 0 Å². The average molecular weight is 365 g/mol. The van der Waals surface area contributed by atoms with Crippen LogP contribution in [-0.4, -0.2) is 25.4 Å². The Hall–Kier alpha value is -3.29. The van der Waals surface area contributed by atoms with Crippen molar-refractivity contribution in [3.05, 3.63) is 62.1 Å². The summed E-state index contributed by atoms with van der Waals surface area (Å²) in [5.74, 6) is 0.213. The van der Waals surface area contributed by atoms with Crippen LogP contribution in [0.25, 0.3) is 11.0 Å². The van der Waals surface area contributed by atoms with Gasteiger partial charge in [-0.15, -0.1) is 0 Å². The highest BCUT2D eigenvalue weighted by atomic mass is 16.2. The molecule has 138 valence electrons. The first-order valence-corrected chi connectivity index (χ1v) is 8.89. The standard InChI is InChI=1S/C19H19N5O3/c1-3-24-16-15(18(26)23-19(24)27)12(9-13(21-16)11-4-5-11)17(25)22-14-8-10(2)6-7-20-14/h6-9,11H,3-5H2,1-2H3,(H,20,22,25)(H,23,26,27). The zero-order valence-corrected chi connectivity index (χ0v) is 15.1. The summed E-state index contributed by atoms with van der Waals surface area (Å²) in [4.78, 5) is 48.6. The minimum atomic E-state index is -0.614. The first-order chi connectivity index (χ1) is 13.0. The number of H-pyrrole nitrogens is 1. The van der Waals surface area contributed by atoms with E-state index in [1.54, 1.807) is 25.3 Å². The highest BCUT2D eigenvalue weighted by molar-refractivity contribution is 6.11. The number of hydrogen-bond donors (Lipinski definition) is 2. The molecule has 0 saturated heterocycles. The Balaban J connectivity index is 1.91.